The van der Waals surface area contributed by atoms with E-state index in [1.165, 1.54) is 18.4 Å². The van der Waals surface area contributed by atoms with Crippen LogP contribution in [0.2, 0.25) is 0 Å². The largest absolute Gasteiger partial charge is 0.491 e. The predicted molar refractivity (Wildman–Crippen MR) is 92.7 cm³/mol. The van der Waals surface area contributed by atoms with Crippen molar-refractivity contribution in [3.05, 3.63) is 53.7 Å². The molecule has 3 rings (SSSR count). The summed E-state index contributed by atoms with van der Waals surface area (Å²) >= 11 is 0. The number of furan rings is 1. The van der Waals surface area contributed by atoms with Crippen molar-refractivity contribution in [1.82, 2.24) is 9.80 Å². The normalized spacial score (nSPS) is 14.8. The first-order valence-corrected chi connectivity index (χ1v) is 8.64. The van der Waals surface area contributed by atoms with E-state index >= 15 is 0 Å². The van der Waals surface area contributed by atoms with Gasteiger partial charge in [0.25, 0.3) is 11.8 Å². The minimum atomic E-state index is -0.554. The van der Waals surface area contributed by atoms with Crippen LogP contribution in [0.15, 0.2) is 41.0 Å². The Morgan fingerprint density at radius 1 is 1.12 bits per heavy atom. The summed E-state index contributed by atoms with van der Waals surface area (Å²) in [6.45, 7) is 3.98. The molecule has 138 valence electrons. The Morgan fingerprint density at radius 2 is 1.85 bits per heavy atom. The standard InChI is InChI=1S/C19H21FN2O4/c1-2-25-16-7-6-14(13-15(16)20)18(23)21-8-4-9-22(11-10-21)19(24)17-5-3-12-26-17/h3,5-7,12-13H,2,4,8-11H2,1H3. The summed E-state index contributed by atoms with van der Waals surface area (Å²) in [5.74, 6) is -0.564. The van der Waals surface area contributed by atoms with Crippen LogP contribution in [0.4, 0.5) is 4.39 Å². The van der Waals surface area contributed by atoms with Crippen LogP contribution in [0.1, 0.15) is 34.3 Å². The van der Waals surface area contributed by atoms with E-state index in [2.05, 4.69) is 0 Å². The average molecular weight is 360 g/mol. The van der Waals surface area contributed by atoms with E-state index in [0.717, 1.165) is 0 Å². The third kappa shape index (κ3) is 3.87. The third-order valence-electron chi connectivity index (χ3n) is 4.28. The highest BCUT2D eigenvalue weighted by Gasteiger charge is 2.25. The molecule has 1 saturated heterocycles. The molecule has 0 aliphatic carbocycles. The summed E-state index contributed by atoms with van der Waals surface area (Å²) in [6.07, 6.45) is 2.11. The fraction of sp³-hybridized carbons (Fsp3) is 0.368. The molecule has 1 aromatic carbocycles. The lowest BCUT2D eigenvalue weighted by molar-refractivity contribution is 0.0700. The lowest BCUT2D eigenvalue weighted by Gasteiger charge is -2.22. The number of hydrogen-bond donors (Lipinski definition) is 0. The minimum Gasteiger partial charge on any atom is -0.491 e. The highest BCUT2D eigenvalue weighted by atomic mass is 19.1. The molecule has 0 atom stereocenters. The molecule has 0 unspecified atom stereocenters. The first kappa shape index (κ1) is 18.0. The molecule has 1 fully saturated rings. The predicted octanol–water partition coefficient (Wildman–Crippen LogP) is 2.81. The SMILES string of the molecule is CCOc1ccc(C(=O)N2CCCN(C(=O)c3ccco3)CC2)cc1F. The number of carbonyl (C=O) groups excluding carboxylic acids is 2. The van der Waals surface area contributed by atoms with Crippen LogP contribution in [0.5, 0.6) is 5.75 Å². The molecule has 1 aromatic heterocycles. The van der Waals surface area contributed by atoms with Gasteiger partial charge in [-0.05, 0) is 43.7 Å². The lowest BCUT2D eigenvalue weighted by atomic mass is 10.1. The van der Waals surface area contributed by atoms with Gasteiger partial charge in [-0.2, -0.15) is 0 Å². The van der Waals surface area contributed by atoms with Gasteiger partial charge >= 0.3 is 0 Å². The van der Waals surface area contributed by atoms with Gasteiger partial charge in [-0.25, -0.2) is 4.39 Å². The monoisotopic (exact) mass is 360 g/mol. The lowest BCUT2D eigenvalue weighted by Crippen LogP contribution is -2.37. The highest BCUT2D eigenvalue weighted by molar-refractivity contribution is 5.94. The van der Waals surface area contributed by atoms with E-state index in [0.29, 0.717) is 45.0 Å². The highest BCUT2D eigenvalue weighted by Crippen LogP contribution is 2.20. The van der Waals surface area contributed by atoms with Crippen LogP contribution >= 0.6 is 0 Å². The summed E-state index contributed by atoms with van der Waals surface area (Å²) in [7, 11) is 0. The molecule has 2 heterocycles. The molecular formula is C19H21FN2O4. The van der Waals surface area contributed by atoms with Crippen LogP contribution in [-0.2, 0) is 0 Å². The van der Waals surface area contributed by atoms with E-state index in [1.807, 2.05) is 0 Å². The van der Waals surface area contributed by atoms with Crippen LogP contribution in [0, 0.1) is 5.82 Å². The number of hydrogen-bond acceptors (Lipinski definition) is 4. The second-order valence-corrected chi connectivity index (χ2v) is 5.99. The van der Waals surface area contributed by atoms with Crippen molar-refractivity contribution in [2.45, 2.75) is 13.3 Å². The van der Waals surface area contributed by atoms with Crippen LogP contribution < -0.4 is 4.74 Å². The van der Waals surface area contributed by atoms with Crippen molar-refractivity contribution in [2.75, 3.05) is 32.8 Å². The summed E-state index contributed by atoms with van der Waals surface area (Å²) in [5.41, 5.74) is 0.275. The summed E-state index contributed by atoms with van der Waals surface area (Å²) in [6, 6.07) is 7.52. The number of amides is 2. The van der Waals surface area contributed by atoms with Gasteiger partial charge in [0.2, 0.25) is 0 Å². The minimum absolute atomic E-state index is 0.134. The summed E-state index contributed by atoms with van der Waals surface area (Å²) in [4.78, 5) is 28.4. The number of benzene rings is 1. The number of rotatable bonds is 4. The van der Waals surface area contributed by atoms with Crippen molar-refractivity contribution in [3.63, 3.8) is 0 Å². The number of ether oxygens (including phenoxy) is 1. The summed E-state index contributed by atoms with van der Waals surface area (Å²) in [5, 5.41) is 0. The van der Waals surface area contributed by atoms with E-state index < -0.39 is 5.82 Å². The zero-order valence-electron chi connectivity index (χ0n) is 14.6. The first-order valence-electron chi connectivity index (χ1n) is 8.64. The van der Waals surface area contributed by atoms with Crippen LogP contribution in [0.25, 0.3) is 0 Å². The number of halogens is 1. The van der Waals surface area contributed by atoms with E-state index in [9.17, 15) is 14.0 Å². The van der Waals surface area contributed by atoms with Gasteiger partial charge in [-0.1, -0.05) is 0 Å². The smallest absolute Gasteiger partial charge is 0.289 e. The van der Waals surface area contributed by atoms with Gasteiger partial charge < -0.3 is 19.0 Å². The van der Waals surface area contributed by atoms with E-state index in [-0.39, 0.29) is 23.1 Å². The Kier molecular flexibility index (Phi) is 5.55. The molecule has 1 aliphatic heterocycles. The van der Waals surface area contributed by atoms with Crippen molar-refractivity contribution < 1.29 is 23.1 Å². The summed E-state index contributed by atoms with van der Waals surface area (Å²) < 4.78 is 24.3. The Labute approximate surface area is 151 Å². The van der Waals surface area contributed by atoms with Crippen LogP contribution in [-0.4, -0.2) is 54.4 Å². The Balaban J connectivity index is 1.66. The van der Waals surface area contributed by atoms with E-state index in [1.54, 1.807) is 34.9 Å². The Morgan fingerprint density at radius 3 is 2.46 bits per heavy atom. The van der Waals surface area contributed by atoms with Crippen molar-refractivity contribution in [2.24, 2.45) is 0 Å². The molecular weight excluding hydrogens is 339 g/mol. The zero-order valence-corrected chi connectivity index (χ0v) is 14.6. The third-order valence-corrected chi connectivity index (χ3v) is 4.28. The molecule has 0 radical (unpaired) electrons. The van der Waals surface area contributed by atoms with Crippen molar-refractivity contribution in [1.29, 1.82) is 0 Å². The molecule has 2 amide bonds. The molecule has 1 aliphatic rings. The molecule has 0 spiro atoms. The zero-order chi connectivity index (χ0) is 18.5. The Hall–Kier alpha value is -2.83. The molecule has 0 saturated carbocycles. The average Bonchev–Trinajstić information content (AvgIpc) is 3.07. The maximum Gasteiger partial charge on any atom is 0.289 e. The van der Waals surface area contributed by atoms with E-state index in [4.69, 9.17) is 9.15 Å². The second kappa shape index (κ2) is 8.03. The quantitative estimate of drug-likeness (QED) is 0.841. The topological polar surface area (TPSA) is 63.0 Å². The fourth-order valence-corrected chi connectivity index (χ4v) is 2.97. The maximum atomic E-state index is 14.0. The molecule has 0 N–H and O–H groups in total. The number of carbonyl (C=O) groups is 2. The number of nitrogens with zero attached hydrogens (tertiary/aromatic N) is 2. The molecule has 7 heteroatoms. The first-order chi connectivity index (χ1) is 12.6. The van der Waals surface area contributed by atoms with Gasteiger partial charge in [-0.3, -0.25) is 9.59 Å². The maximum absolute atomic E-state index is 14.0. The molecule has 26 heavy (non-hydrogen) atoms. The molecule has 6 nitrogen and oxygen atoms in total. The van der Waals surface area contributed by atoms with Gasteiger partial charge in [0, 0.05) is 31.7 Å². The molecule has 0 bridgehead atoms. The van der Waals surface area contributed by atoms with Crippen molar-refractivity contribution >= 4 is 11.8 Å². The van der Waals surface area contributed by atoms with Crippen molar-refractivity contribution in [3.8, 4) is 5.75 Å². The fourth-order valence-electron chi connectivity index (χ4n) is 2.97. The second-order valence-electron chi connectivity index (χ2n) is 5.99. The molecule has 2 aromatic rings. The van der Waals surface area contributed by atoms with Gasteiger partial charge in [0.05, 0.1) is 12.9 Å². The van der Waals surface area contributed by atoms with Gasteiger partial charge in [0.15, 0.2) is 17.3 Å². The Bertz CT molecular complexity index is 776. The van der Waals surface area contributed by atoms with Crippen LogP contribution in [0.3, 0.4) is 0 Å². The van der Waals surface area contributed by atoms with Gasteiger partial charge in [0.1, 0.15) is 0 Å². The van der Waals surface area contributed by atoms with Gasteiger partial charge in [-0.15, -0.1) is 0 Å².